The van der Waals surface area contributed by atoms with Gasteiger partial charge in [0.1, 0.15) is 0 Å². The molecule has 1 N–H and O–H groups in total. The standard InChI is InChI=1S/C22H34N2O/c1-2-3-8-18-12-14-19(15-13-18)22(25)23-17-21-11-7-16-24(21)20-9-5-4-6-10-20/h4-6,9-10,18-19,21H,2-3,7-8,11-17H2,1H3,(H,23,25). The molecule has 1 aromatic carbocycles. The molecule has 1 amide bonds. The van der Waals surface area contributed by atoms with Crippen molar-refractivity contribution in [3.05, 3.63) is 30.3 Å². The SMILES string of the molecule is CCCCC1CCC(C(=O)NCC2CCCN2c2ccccc2)CC1. The molecule has 3 rings (SSSR count). The largest absolute Gasteiger partial charge is 0.367 e. The van der Waals surface area contributed by atoms with Crippen molar-refractivity contribution >= 4 is 11.6 Å². The van der Waals surface area contributed by atoms with Crippen LogP contribution < -0.4 is 10.2 Å². The van der Waals surface area contributed by atoms with Crippen LogP contribution in [0.5, 0.6) is 0 Å². The first-order chi connectivity index (χ1) is 12.3. The summed E-state index contributed by atoms with van der Waals surface area (Å²) < 4.78 is 0. The third-order valence-electron chi connectivity index (χ3n) is 6.16. The van der Waals surface area contributed by atoms with Gasteiger partial charge in [0.25, 0.3) is 0 Å². The molecule has 1 saturated heterocycles. The van der Waals surface area contributed by atoms with Crippen LogP contribution in [0.15, 0.2) is 30.3 Å². The lowest BCUT2D eigenvalue weighted by Gasteiger charge is -2.30. The molecule has 25 heavy (non-hydrogen) atoms. The first kappa shape index (κ1) is 18.3. The number of hydrogen-bond donors (Lipinski definition) is 1. The smallest absolute Gasteiger partial charge is 0.223 e. The van der Waals surface area contributed by atoms with Gasteiger partial charge in [0, 0.05) is 30.7 Å². The molecular weight excluding hydrogens is 308 g/mol. The van der Waals surface area contributed by atoms with Gasteiger partial charge in [-0.15, -0.1) is 0 Å². The molecule has 2 aliphatic rings. The number of nitrogens with zero attached hydrogens (tertiary/aromatic N) is 1. The Hall–Kier alpha value is -1.51. The highest BCUT2D eigenvalue weighted by Gasteiger charge is 2.28. The van der Waals surface area contributed by atoms with E-state index in [0.29, 0.717) is 11.9 Å². The van der Waals surface area contributed by atoms with E-state index < -0.39 is 0 Å². The summed E-state index contributed by atoms with van der Waals surface area (Å²) in [4.78, 5) is 15.0. The molecule has 1 unspecified atom stereocenters. The maximum atomic E-state index is 12.6. The average Bonchev–Trinajstić information content (AvgIpc) is 3.14. The van der Waals surface area contributed by atoms with Crippen LogP contribution >= 0.6 is 0 Å². The second-order valence-electron chi connectivity index (χ2n) is 7.93. The van der Waals surface area contributed by atoms with Gasteiger partial charge < -0.3 is 10.2 Å². The molecule has 138 valence electrons. The molecule has 3 nitrogen and oxygen atoms in total. The van der Waals surface area contributed by atoms with Crippen molar-refractivity contribution in [2.45, 2.75) is 70.8 Å². The van der Waals surface area contributed by atoms with Crippen molar-refractivity contribution in [2.75, 3.05) is 18.0 Å². The summed E-state index contributed by atoms with van der Waals surface area (Å²) >= 11 is 0. The number of hydrogen-bond acceptors (Lipinski definition) is 2. The summed E-state index contributed by atoms with van der Waals surface area (Å²) in [6, 6.07) is 11.1. The van der Waals surface area contributed by atoms with Crippen molar-refractivity contribution in [1.82, 2.24) is 5.32 Å². The predicted octanol–water partition coefficient (Wildman–Crippen LogP) is 4.77. The number of anilines is 1. The normalized spacial score (nSPS) is 26.6. The number of benzene rings is 1. The van der Waals surface area contributed by atoms with E-state index in [0.717, 1.165) is 31.8 Å². The topological polar surface area (TPSA) is 32.3 Å². The lowest BCUT2D eigenvalue weighted by atomic mass is 9.79. The Labute approximate surface area is 153 Å². The maximum absolute atomic E-state index is 12.6. The summed E-state index contributed by atoms with van der Waals surface area (Å²) in [6.07, 6.45) is 11.1. The summed E-state index contributed by atoms with van der Waals surface area (Å²) in [5.41, 5.74) is 1.29. The predicted molar refractivity (Wildman–Crippen MR) is 105 cm³/mol. The van der Waals surface area contributed by atoms with E-state index in [1.165, 1.54) is 50.6 Å². The molecule has 0 spiro atoms. The molecule has 1 saturated carbocycles. The zero-order valence-electron chi connectivity index (χ0n) is 15.8. The molecular formula is C22H34N2O. The van der Waals surface area contributed by atoms with E-state index in [9.17, 15) is 4.79 Å². The second-order valence-corrected chi connectivity index (χ2v) is 7.93. The van der Waals surface area contributed by atoms with Crippen LogP contribution in [0.4, 0.5) is 5.69 Å². The Balaban J connectivity index is 1.43. The van der Waals surface area contributed by atoms with Crippen LogP contribution in [0.3, 0.4) is 0 Å². The lowest BCUT2D eigenvalue weighted by molar-refractivity contribution is -0.126. The number of unbranched alkanes of at least 4 members (excludes halogenated alkanes) is 1. The van der Waals surface area contributed by atoms with Gasteiger partial charge in [0.2, 0.25) is 5.91 Å². The van der Waals surface area contributed by atoms with E-state index in [4.69, 9.17) is 0 Å². The fourth-order valence-corrected chi connectivity index (χ4v) is 4.58. The fourth-order valence-electron chi connectivity index (χ4n) is 4.58. The van der Waals surface area contributed by atoms with Gasteiger partial charge in [0.05, 0.1) is 0 Å². The highest BCUT2D eigenvalue weighted by molar-refractivity contribution is 5.78. The van der Waals surface area contributed by atoms with Gasteiger partial charge in [0.15, 0.2) is 0 Å². The van der Waals surface area contributed by atoms with Crippen LogP contribution in [-0.2, 0) is 4.79 Å². The van der Waals surface area contributed by atoms with Crippen molar-refractivity contribution in [3.63, 3.8) is 0 Å². The Morgan fingerprint density at radius 3 is 2.60 bits per heavy atom. The number of para-hydroxylation sites is 1. The molecule has 0 radical (unpaired) electrons. The van der Waals surface area contributed by atoms with E-state index >= 15 is 0 Å². The number of carbonyl (C=O) groups excluding carboxylic acids is 1. The van der Waals surface area contributed by atoms with Crippen LogP contribution in [0.1, 0.15) is 64.7 Å². The minimum atomic E-state index is 0.254. The first-order valence-corrected chi connectivity index (χ1v) is 10.4. The van der Waals surface area contributed by atoms with E-state index in [-0.39, 0.29) is 5.92 Å². The van der Waals surface area contributed by atoms with Gasteiger partial charge in [-0.3, -0.25) is 4.79 Å². The number of rotatable bonds is 7. The highest BCUT2D eigenvalue weighted by atomic mass is 16.1. The minimum absolute atomic E-state index is 0.254. The van der Waals surface area contributed by atoms with Crippen LogP contribution in [0.2, 0.25) is 0 Å². The van der Waals surface area contributed by atoms with Crippen LogP contribution in [0.25, 0.3) is 0 Å². The molecule has 1 atom stereocenters. The van der Waals surface area contributed by atoms with E-state index in [1.807, 2.05) is 0 Å². The average molecular weight is 343 g/mol. The number of amides is 1. The van der Waals surface area contributed by atoms with Gasteiger partial charge in [-0.2, -0.15) is 0 Å². The summed E-state index contributed by atoms with van der Waals surface area (Å²) in [5, 5.41) is 3.27. The van der Waals surface area contributed by atoms with Crippen LogP contribution in [0, 0.1) is 11.8 Å². The quantitative estimate of drug-likeness (QED) is 0.774. The number of carbonyl (C=O) groups is 1. The van der Waals surface area contributed by atoms with Crippen molar-refractivity contribution in [1.29, 1.82) is 0 Å². The molecule has 1 aromatic rings. The maximum Gasteiger partial charge on any atom is 0.223 e. The van der Waals surface area contributed by atoms with Crippen molar-refractivity contribution < 1.29 is 4.79 Å². The minimum Gasteiger partial charge on any atom is -0.367 e. The number of nitrogens with one attached hydrogen (secondary N) is 1. The van der Waals surface area contributed by atoms with Gasteiger partial charge >= 0.3 is 0 Å². The van der Waals surface area contributed by atoms with E-state index in [2.05, 4.69) is 47.5 Å². The molecule has 1 heterocycles. The molecule has 0 aromatic heterocycles. The van der Waals surface area contributed by atoms with Crippen LogP contribution in [-0.4, -0.2) is 25.0 Å². The summed E-state index contributed by atoms with van der Waals surface area (Å²) in [5.74, 6) is 1.42. The third kappa shape index (κ3) is 4.99. The molecule has 1 aliphatic carbocycles. The zero-order chi connectivity index (χ0) is 17.5. The van der Waals surface area contributed by atoms with Crippen molar-refractivity contribution in [3.8, 4) is 0 Å². The third-order valence-corrected chi connectivity index (χ3v) is 6.16. The zero-order valence-corrected chi connectivity index (χ0v) is 15.8. The van der Waals surface area contributed by atoms with Gasteiger partial charge in [-0.05, 0) is 56.6 Å². The lowest BCUT2D eigenvalue weighted by Crippen LogP contribution is -2.42. The molecule has 1 aliphatic heterocycles. The monoisotopic (exact) mass is 342 g/mol. The highest BCUT2D eigenvalue weighted by Crippen LogP contribution is 2.32. The Kier molecular flexibility index (Phi) is 6.77. The second kappa shape index (κ2) is 9.26. The summed E-state index contributed by atoms with van der Waals surface area (Å²) in [7, 11) is 0. The molecule has 3 heteroatoms. The van der Waals surface area contributed by atoms with E-state index in [1.54, 1.807) is 0 Å². The first-order valence-electron chi connectivity index (χ1n) is 10.4. The fraction of sp³-hybridized carbons (Fsp3) is 0.682. The van der Waals surface area contributed by atoms with Crippen molar-refractivity contribution in [2.24, 2.45) is 11.8 Å². The molecule has 0 bridgehead atoms. The Morgan fingerprint density at radius 1 is 1.12 bits per heavy atom. The Bertz CT molecular complexity index is 522. The molecule has 2 fully saturated rings. The van der Waals surface area contributed by atoms with Gasteiger partial charge in [-0.1, -0.05) is 44.4 Å². The Morgan fingerprint density at radius 2 is 1.88 bits per heavy atom. The summed E-state index contributed by atoms with van der Waals surface area (Å²) in [6.45, 7) is 4.16. The van der Waals surface area contributed by atoms with Gasteiger partial charge in [-0.25, -0.2) is 0 Å².